The molecule has 0 spiro atoms. The summed E-state index contributed by atoms with van der Waals surface area (Å²) in [6.45, 7) is 4.61. The molecule has 0 amide bonds. The number of nitrogens with zero attached hydrogens (tertiary/aromatic N) is 3. The molecule has 1 saturated carbocycles. The van der Waals surface area contributed by atoms with E-state index in [9.17, 15) is 9.18 Å². The van der Waals surface area contributed by atoms with Crippen molar-refractivity contribution in [3.63, 3.8) is 0 Å². The zero-order chi connectivity index (χ0) is 25.3. The summed E-state index contributed by atoms with van der Waals surface area (Å²) in [5, 5.41) is 0. The fraction of sp³-hybridized carbons (Fsp3) is 0.429. The summed E-state index contributed by atoms with van der Waals surface area (Å²) < 4.78 is 31.7. The third-order valence-corrected chi connectivity index (χ3v) is 6.09. The van der Waals surface area contributed by atoms with Crippen molar-refractivity contribution in [1.29, 1.82) is 0 Å². The van der Waals surface area contributed by atoms with Crippen molar-refractivity contribution in [3.05, 3.63) is 66.4 Å². The fourth-order valence-electron chi connectivity index (χ4n) is 4.27. The molecule has 2 aromatic heterocycles. The molecule has 1 fully saturated rings. The molecule has 3 aromatic rings. The zero-order valence-corrected chi connectivity index (χ0v) is 20.7. The second-order valence-corrected chi connectivity index (χ2v) is 9.39. The van der Waals surface area contributed by atoms with E-state index in [4.69, 9.17) is 14.2 Å². The smallest absolute Gasteiger partial charge is 0.257 e. The third kappa shape index (κ3) is 7.55. The lowest BCUT2D eigenvalue weighted by atomic mass is 9.94. The van der Waals surface area contributed by atoms with E-state index in [0.29, 0.717) is 42.7 Å². The molecular formula is C28H32FN3O4. The van der Waals surface area contributed by atoms with Crippen LogP contribution in [0, 0.1) is 11.7 Å². The fourth-order valence-corrected chi connectivity index (χ4v) is 4.27. The van der Waals surface area contributed by atoms with Gasteiger partial charge in [-0.05, 0) is 50.2 Å². The number of hydrogen-bond acceptors (Lipinski definition) is 7. The highest BCUT2D eigenvalue weighted by atomic mass is 19.1. The quantitative estimate of drug-likeness (QED) is 0.345. The van der Waals surface area contributed by atoms with E-state index in [-0.39, 0.29) is 23.9 Å². The Hall–Kier alpha value is -3.39. The number of halogens is 1. The monoisotopic (exact) mass is 493 g/mol. The van der Waals surface area contributed by atoms with Crippen LogP contribution in [0.3, 0.4) is 0 Å². The van der Waals surface area contributed by atoms with E-state index in [2.05, 4.69) is 15.0 Å². The van der Waals surface area contributed by atoms with Crippen LogP contribution in [0.1, 0.15) is 51.5 Å². The predicted octanol–water partition coefficient (Wildman–Crippen LogP) is 5.58. The maximum Gasteiger partial charge on any atom is 0.257 e. The highest BCUT2D eigenvalue weighted by Gasteiger charge is 2.25. The molecule has 2 heterocycles. The van der Waals surface area contributed by atoms with Crippen LogP contribution in [0.4, 0.5) is 4.39 Å². The van der Waals surface area contributed by atoms with E-state index >= 15 is 0 Å². The zero-order valence-electron chi connectivity index (χ0n) is 20.7. The van der Waals surface area contributed by atoms with Gasteiger partial charge in [0.15, 0.2) is 17.4 Å². The lowest BCUT2D eigenvalue weighted by Gasteiger charge is -2.29. The number of carbonyl (C=O) groups excluding carboxylic acids is 1. The first-order valence-corrected chi connectivity index (χ1v) is 12.4. The van der Waals surface area contributed by atoms with Crippen molar-refractivity contribution < 1.29 is 23.4 Å². The van der Waals surface area contributed by atoms with Gasteiger partial charge in [0.25, 0.3) is 5.88 Å². The molecule has 190 valence electrons. The molecule has 0 saturated heterocycles. The molecule has 1 atom stereocenters. The summed E-state index contributed by atoms with van der Waals surface area (Å²) in [6, 6.07) is 11.6. The lowest BCUT2D eigenvalue weighted by molar-refractivity contribution is -0.118. The number of ether oxygens (including phenoxy) is 3. The topological polar surface area (TPSA) is 83.4 Å². The summed E-state index contributed by atoms with van der Waals surface area (Å²) in [7, 11) is 0. The van der Waals surface area contributed by atoms with Gasteiger partial charge < -0.3 is 19.0 Å². The van der Waals surface area contributed by atoms with Gasteiger partial charge in [0.2, 0.25) is 0 Å². The summed E-state index contributed by atoms with van der Waals surface area (Å²) >= 11 is 0. The minimum atomic E-state index is -0.500. The van der Waals surface area contributed by atoms with Gasteiger partial charge in [-0.1, -0.05) is 37.3 Å². The van der Waals surface area contributed by atoms with Crippen LogP contribution < -0.4 is 9.47 Å². The molecule has 0 bridgehead atoms. The molecule has 0 N–H and O–H groups in total. The van der Waals surface area contributed by atoms with Crippen molar-refractivity contribution in [2.24, 2.45) is 5.92 Å². The van der Waals surface area contributed by atoms with Gasteiger partial charge in [-0.25, -0.2) is 19.3 Å². The average molecular weight is 494 g/mol. The Labute approximate surface area is 211 Å². The molecule has 1 aromatic carbocycles. The number of carbonyl (C=O) groups is 1. The molecule has 7 nitrogen and oxygen atoms in total. The Balaban J connectivity index is 1.40. The molecule has 36 heavy (non-hydrogen) atoms. The Morgan fingerprint density at radius 2 is 1.72 bits per heavy atom. The number of pyridine rings is 1. The molecule has 0 radical (unpaired) electrons. The van der Waals surface area contributed by atoms with Crippen molar-refractivity contribution in [1.82, 2.24) is 15.0 Å². The van der Waals surface area contributed by atoms with Gasteiger partial charge in [0, 0.05) is 24.8 Å². The van der Waals surface area contributed by atoms with Crippen LogP contribution >= 0.6 is 0 Å². The van der Waals surface area contributed by atoms with E-state index in [0.717, 1.165) is 43.6 Å². The molecule has 1 aliphatic rings. The standard InChI is InChI=1S/C28H32FN3O4/c1-19(12-20(2)33)17-34-24-8-10-25(11-9-24)36-28-26(35-18-21-6-4-3-5-7-21)13-22(14-32-28)27-30-15-23(29)16-31-27/h3-7,13-16,19,24-25H,8-12,17-18H2,1-2H3/t19-,24?,25?/m1/s1. The number of ketones is 1. The first-order valence-electron chi connectivity index (χ1n) is 12.4. The Morgan fingerprint density at radius 3 is 2.42 bits per heavy atom. The first-order chi connectivity index (χ1) is 17.5. The number of Topliss-reactive ketones (excluding diaryl/α,β-unsaturated/α-hetero) is 1. The molecule has 4 rings (SSSR count). The van der Waals surface area contributed by atoms with Gasteiger partial charge in [-0.15, -0.1) is 0 Å². The SMILES string of the molecule is CC(=O)C[C@@H](C)COC1CCC(Oc2ncc(-c3ncc(F)cn3)cc2OCc2ccccc2)CC1. The summed E-state index contributed by atoms with van der Waals surface area (Å²) in [5.41, 5.74) is 1.63. The van der Waals surface area contributed by atoms with Crippen molar-refractivity contribution in [3.8, 4) is 23.0 Å². The molecule has 8 heteroatoms. The van der Waals surface area contributed by atoms with Crippen molar-refractivity contribution >= 4 is 5.78 Å². The average Bonchev–Trinajstić information content (AvgIpc) is 2.88. The van der Waals surface area contributed by atoms with Crippen LogP contribution in [0.25, 0.3) is 11.4 Å². The van der Waals surface area contributed by atoms with E-state index < -0.39 is 5.82 Å². The number of hydrogen-bond donors (Lipinski definition) is 0. The van der Waals surface area contributed by atoms with Crippen LogP contribution in [0.15, 0.2) is 55.0 Å². The number of rotatable bonds is 11. The Bertz CT molecular complexity index is 1120. The van der Waals surface area contributed by atoms with Crippen LogP contribution in [0.2, 0.25) is 0 Å². The highest BCUT2D eigenvalue weighted by Crippen LogP contribution is 2.33. The van der Waals surface area contributed by atoms with E-state index in [1.165, 1.54) is 0 Å². The first kappa shape index (κ1) is 25.7. The largest absolute Gasteiger partial charge is 0.483 e. The maximum absolute atomic E-state index is 13.3. The Morgan fingerprint density at radius 1 is 1.03 bits per heavy atom. The number of aromatic nitrogens is 3. The van der Waals surface area contributed by atoms with Gasteiger partial charge in [0.05, 0.1) is 18.5 Å². The normalized spacial score (nSPS) is 18.4. The van der Waals surface area contributed by atoms with Crippen LogP contribution in [0.5, 0.6) is 11.6 Å². The predicted molar refractivity (Wildman–Crippen MR) is 133 cm³/mol. The summed E-state index contributed by atoms with van der Waals surface area (Å²) in [5.74, 6) is 1.18. The van der Waals surface area contributed by atoms with Gasteiger partial charge in [-0.3, -0.25) is 0 Å². The number of benzene rings is 1. The summed E-state index contributed by atoms with van der Waals surface area (Å²) in [6.07, 6.45) is 8.05. The second kappa shape index (κ2) is 12.5. The van der Waals surface area contributed by atoms with Crippen LogP contribution in [-0.2, 0) is 16.1 Å². The minimum absolute atomic E-state index is 0.000936. The maximum atomic E-state index is 13.3. The summed E-state index contributed by atoms with van der Waals surface area (Å²) in [4.78, 5) is 23.9. The van der Waals surface area contributed by atoms with Gasteiger partial charge in [0.1, 0.15) is 18.5 Å². The lowest BCUT2D eigenvalue weighted by Crippen LogP contribution is -2.29. The van der Waals surface area contributed by atoms with Crippen molar-refractivity contribution in [2.75, 3.05) is 6.61 Å². The highest BCUT2D eigenvalue weighted by molar-refractivity contribution is 5.75. The van der Waals surface area contributed by atoms with Gasteiger partial charge in [-0.2, -0.15) is 0 Å². The third-order valence-electron chi connectivity index (χ3n) is 6.09. The van der Waals surface area contributed by atoms with Crippen LogP contribution in [-0.4, -0.2) is 39.5 Å². The minimum Gasteiger partial charge on any atom is -0.483 e. The van der Waals surface area contributed by atoms with E-state index in [1.54, 1.807) is 19.2 Å². The molecule has 0 aliphatic heterocycles. The Kier molecular flexibility index (Phi) is 8.95. The van der Waals surface area contributed by atoms with Gasteiger partial charge >= 0.3 is 0 Å². The van der Waals surface area contributed by atoms with Crippen molar-refractivity contribution in [2.45, 2.75) is 64.8 Å². The molecule has 1 aliphatic carbocycles. The second-order valence-electron chi connectivity index (χ2n) is 9.39. The molecule has 0 unspecified atom stereocenters. The molecular weight excluding hydrogens is 461 g/mol. The van der Waals surface area contributed by atoms with E-state index in [1.807, 2.05) is 37.3 Å².